The molecule has 0 unspecified atom stereocenters. The number of hydrogen-bond acceptors (Lipinski definition) is 5. The molecule has 93 heavy (non-hydrogen) atoms. The van der Waals surface area contributed by atoms with E-state index in [1.54, 1.807) is 0 Å². The molecule has 0 radical (unpaired) electrons. The van der Waals surface area contributed by atoms with Crippen molar-refractivity contribution in [1.29, 1.82) is 0 Å². The Kier molecular flexibility index (Phi) is 13.1. The first-order valence-corrected chi connectivity index (χ1v) is 34.2. The van der Waals surface area contributed by atoms with E-state index in [0.29, 0.717) is 0 Å². The minimum Gasteiger partial charge on any atom is -0.311 e. The van der Waals surface area contributed by atoms with Crippen molar-refractivity contribution in [2.75, 3.05) is 19.6 Å². The van der Waals surface area contributed by atoms with Crippen LogP contribution in [0.15, 0.2) is 218 Å². The molecule has 0 spiro atoms. The van der Waals surface area contributed by atoms with Gasteiger partial charge in [0.2, 0.25) is 0 Å². The fourth-order valence-electron chi connectivity index (χ4n) is 16.2. The molecule has 2 aliphatic heterocycles. The Bertz CT molecular complexity index is 4960. The lowest BCUT2D eigenvalue weighted by atomic mass is 9.36. The van der Waals surface area contributed by atoms with Gasteiger partial charge in [0, 0.05) is 76.6 Å². The molecule has 0 saturated heterocycles. The van der Waals surface area contributed by atoms with Gasteiger partial charge in [-0.25, -0.2) is 0 Å². The molecule has 4 nitrogen and oxygen atoms in total. The number of fused-ring (bicyclic) bond motifs is 12. The van der Waals surface area contributed by atoms with Gasteiger partial charge >= 0.3 is 0 Å². The zero-order chi connectivity index (χ0) is 64.5. The van der Waals surface area contributed by atoms with Crippen molar-refractivity contribution in [2.24, 2.45) is 0 Å². The average molecular weight is 1230 g/mol. The third-order valence-corrected chi connectivity index (χ3v) is 22.2. The van der Waals surface area contributed by atoms with Crippen molar-refractivity contribution in [2.45, 2.75) is 126 Å². The number of aryl methyl sites for hydroxylation is 5. The summed E-state index contributed by atoms with van der Waals surface area (Å²) in [6, 6.07) is 84.7. The third-order valence-electron chi connectivity index (χ3n) is 21.0. The van der Waals surface area contributed by atoms with Gasteiger partial charge in [0.05, 0.1) is 28.4 Å². The van der Waals surface area contributed by atoms with Gasteiger partial charge in [0.15, 0.2) is 0 Å². The van der Waals surface area contributed by atoms with Gasteiger partial charge in [-0.3, -0.25) is 0 Å². The fraction of sp³-hybridized carbons (Fsp3) is 0.218. The van der Waals surface area contributed by atoms with Gasteiger partial charge < -0.3 is 19.6 Å². The van der Waals surface area contributed by atoms with Gasteiger partial charge in [-0.05, 0) is 210 Å². The second-order valence-electron chi connectivity index (χ2n) is 30.2. The normalized spacial score (nSPS) is 14.5. The molecule has 0 atom stereocenters. The van der Waals surface area contributed by atoms with Gasteiger partial charge in [-0.2, -0.15) is 0 Å². The van der Waals surface area contributed by atoms with Gasteiger partial charge in [0.1, 0.15) is 0 Å². The Morgan fingerprint density at radius 2 is 0.785 bits per heavy atom. The summed E-state index contributed by atoms with van der Waals surface area (Å²) in [5.74, 6) is 0. The quantitative estimate of drug-likeness (QED) is 0.141. The van der Waals surface area contributed by atoms with E-state index in [0.717, 1.165) is 22.7 Å². The zero-order valence-electron chi connectivity index (χ0n) is 56.6. The molecule has 3 heterocycles. The lowest BCUT2D eigenvalue weighted by Crippen LogP contribution is -2.60. The summed E-state index contributed by atoms with van der Waals surface area (Å²) >= 11 is 2.00. The number of benzene rings is 11. The van der Waals surface area contributed by atoms with E-state index in [2.05, 4.69) is 342 Å². The Hall–Kier alpha value is -9.36. The molecule has 0 N–H and O–H groups in total. The van der Waals surface area contributed by atoms with Crippen LogP contribution in [0.1, 0.15) is 130 Å². The molecule has 12 aromatic rings. The van der Waals surface area contributed by atoms with Crippen LogP contribution in [0.25, 0.3) is 32.3 Å². The van der Waals surface area contributed by atoms with Crippen molar-refractivity contribution < 1.29 is 0 Å². The highest BCUT2D eigenvalue weighted by Gasteiger charge is 2.50. The van der Waals surface area contributed by atoms with Crippen molar-refractivity contribution in [3.05, 3.63) is 280 Å². The molecule has 4 aliphatic rings. The highest BCUT2D eigenvalue weighted by Crippen LogP contribution is 2.63. The van der Waals surface area contributed by atoms with Crippen LogP contribution in [-0.4, -0.2) is 6.71 Å². The van der Waals surface area contributed by atoms with E-state index in [-0.39, 0.29) is 28.4 Å². The van der Waals surface area contributed by atoms with Crippen molar-refractivity contribution in [3.8, 4) is 22.3 Å². The van der Waals surface area contributed by atoms with Crippen LogP contribution in [0.4, 0.5) is 68.2 Å². The Balaban J connectivity index is 1.02. The van der Waals surface area contributed by atoms with Crippen molar-refractivity contribution >= 4 is 112 Å². The Morgan fingerprint density at radius 3 is 1.24 bits per heavy atom. The number of anilines is 12. The molecule has 0 amide bonds. The van der Waals surface area contributed by atoms with Crippen LogP contribution in [0.3, 0.4) is 0 Å². The smallest absolute Gasteiger partial charge is 0.264 e. The van der Waals surface area contributed by atoms with Gasteiger partial charge in [-0.1, -0.05) is 207 Å². The predicted octanol–water partition coefficient (Wildman–Crippen LogP) is 22.7. The molecule has 0 saturated carbocycles. The summed E-state index contributed by atoms with van der Waals surface area (Å²) in [5.41, 5.74) is 35.3. The second kappa shape index (κ2) is 20.8. The lowest BCUT2D eigenvalue weighted by Gasteiger charge is -2.45. The SMILES string of the molecule is Cc1ccc(N(c2ccc(C)cc2)c2ccc(N3c4ccc(C(C)(C)C)cc4B4c5sc6ccc(C(C)(C)C)cc6c5N(c5ccc(N(c6ccc(C)cc6)c6ccc(C)cc6)c6c5-c5ccccc5C6(C)C)c5cc(C)cc3c54)c3c2C(C)(C)c2ccccc2-3)cc1. The maximum atomic E-state index is 2.76. The number of rotatable bonds is 8. The molecule has 0 bridgehead atoms. The standard InChI is InChI=1S/C87H81BN4S/c1-52-24-34-59(35-25-52)89(60-36-26-53(2)27-37-60)72-45-43-70(77-63-20-16-18-22-66(63)86(12,13)79(72)77)91-69-42-32-58(85(9,10)11)51-68(69)88-81-74(91)48-56(5)49-75(81)92(82-65-50-57(84(6,7)8)33-47-76(65)93-83(82)88)71-44-46-73(80-78(71)64-21-17-19-23-67(64)87(80,14)15)90(61-38-28-54(3)29-39-61)62-40-30-55(4)31-41-62/h16-51H,1-15H3. The first-order valence-electron chi connectivity index (χ1n) is 33.3. The highest BCUT2D eigenvalue weighted by molar-refractivity contribution is 7.33. The van der Waals surface area contributed by atoms with Crippen molar-refractivity contribution in [1.82, 2.24) is 0 Å². The van der Waals surface area contributed by atoms with Crippen molar-refractivity contribution in [3.63, 3.8) is 0 Å². The van der Waals surface area contributed by atoms with Crippen LogP contribution in [-0.2, 0) is 21.7 Å². The van der Waals surface area contributed by atoms with Crippen LogP contribution in [0.2, 0.25) is 0 Å². The minimum absolute atomic E-state index is 0.0740. The van der Waals surface area contributed by atoms with E-state index >= 15 is 0 Å². The van der Waals surface area contributed by atoms with Crippen LogP contribution in [0, 0.1) is 34.6 Å². The third kappa shape index (κ3) is 8.98. The van der Waals surface area contributed by atoms with Gasteiger partial charge in [-0.15, -0.1) is 11.3 Å². The molecule has 458 valence electrons. The molecule has 6 heteroatoms. The predicted molar refractivity (Wildman–Crippen MR) is 401 cm³/mol. The molecular weight excluding hydrogens is 1140 g/mol. The second-order valence-corrected chi connectivity index (χ2v) is 31.3. The van der Waals surface area contributed by atoms with Crippen LogP contribution in [0.5, 0.6) is 0 Å². The van der Waals surface area contributed by atoms with Crippen LogP contribution >= 0.6 is 11.3 Å². The first kappa shape index (κ1) is 58.7. The zero-order valence-corrected chi connectivity index (χ0v) is 57.4. The van der Waals surface area contributed by atoms with Gasteiger partial charge in [0.25, 0.3) is 6.71 Å². The number of thiophene rings is 1. The molecule has 16 rings (SSSR count). The molecule has 2 aliphatic carbocycles. The number of nitrogens with zero attached hydrogens (tertiary/aromatic N) is 4. The molecule has 1 aromatic heterocycles. The summed E-state index contributed by atoms with van der Waals surface area (Å²) in [6.07, 6.45) is 0. The highest BCUT2D eigenvalue weighted by atomic mass is 32.1. The Labute approximate surface area is 555 Å². The van der Waals surface area contributed by atoms with E-state index in [4.69, 9.17) is 0 Å². The largest absolute Gasteiger partial charge is 0.311 e. The van der Waals surface area contributed by atoms with E-state index in [1.807, 2.05) is 11.3 Å². The van der Waals surface area contributed by atoms with E-state index < -0.39 is 0 Å². The van der Waals surface area contributed by atoms with Crippen LogP contribution < -0.4 is 35.3 Å². The molecule has 11 aromatic carbocycles. The monoisotopic (exact) mass is 1220 g/mol. The lowest BCUT2D eigenvalue weighted by molar-refractivity contribution is 0.590. The molecular formula is C87H81BN4S. The summed E-state index contributed by atoms with van der Waals surface area (Å²) in [6.45, 7) is 35.0. The first-order chi connectivity index (χ1) is 44.5. The average Bonchev–Trinajstić information content (AvgIpc) is 1.52. The maximum Gasteiger partial charge on any atom is 0.264 e. The molecule has 0 fully saturated rings. The number of hydrogen-bond donors (Lipinski definition) is 0. The Morgan fingerprint density at radius 1 is 0.387 bits per heavy atom. The summed E-state index contributed by atoms with van der Waals surface area (Å²) in [5, 5.41) is 1.30. The minimum atomic E-state index is -0.377. The summed E-state index contributed by atoms with van der Waals surface area (Å²) in [7, 11) is 0. The maximum absolute atomic E-state index is 2.76. The summed E-state index contributed by atoms with van der Waals surface area (Å²) < 4.78 is 2.68. The fourth-order valence-corrected chi connectivity index (χ4v) is 17.5. The van der Waals surface area contributed by atoms with E-state index in [1.165, 1.54) is 155 Å². The summed E-state index contributed by atoms with van der Waals surface area (Å²) in [4.78, 5) is 10.5. The van der Waals surface area contributed by atoms with E-state index in [9.17, 15) is 0 Å². The topological polar surface area (TPSA) is 13.0 Å².